The Morgan fingerprint density at radius 2 is 2.32 bits per heavy atom. The average Bonchev–Trinajstić information content (AvgIpc) is 3.08. The van der Waals surface area contributed by atoms with Gasteiger partial charge in [0.05, 0.1) is 25.7 Å². The number of likely N-dealkylation sites (tertiary alicyclic amines) is 1. The highest BCUT2D eigenvalue weighted by Gasteiger charge is 2.52. The summed E-state index contributed by atoms with van der Waals surface area (Å²) in [6.45, 7) is 4.16. The van der Waals surface area contributed by atoms with Crippen LogP contribution in [0.4, 0.5) is 0 Å². The van der Waals surface area contributed by atoms with E-state index < -0.39 is 10.0 Å². The van der Waals surface area contributed by atoms with Crippen molar-refractivity contribution >= 4 is 15.9 Å². The molecular formula is C14H20N2O5S. The van der Waals surface area contributed by atoms with Gasteiger partial charge in [-0.15, -0.1) is 0 Å². The Balaban J connectivity index is 1.76. The number of carbonyl (C=O) groups is 1. The van der Waals surface area contributed by atoms with Crippen LogP contribution in [0, 0.1) is 18.3 Å². The van der Waals surface area contributed by atoms with Crippen molar-refractivity contribution in [2.24, 2.45) is 11.3 Å². The first-order valence-corrected chi connectivity index (χ1v) is 9.06. The number of rotatable bonds is 4. The Bertz CT molecular complexity index is 683. The predicted octanol–water partition coefficient (Wildman–Crippen LogP) is 0.226. The summed E-state index contributed by atoms with van der Waals surface area (Å²) in [6, 6.07) is 1.76. The third-order valence-electron chi connectivity index (χ3n) is 4.55. The minimum absolute atomic E-state index is 0.140. The number of nitrogens with zero attached hydrogens (tertiary/aromatic N) is 1. The Kier molecular flexibility index (Phi) is 3.78. The first kappa shape index (κ1) is 15.5. The normalized spacial score (nSPS) is 28.1. The molecule has 0 unspecified atom stereocenters. The van der Waals surface area contributed by atoms with Gasteiger partial charge in [0, 0.05) is 36.5 Å². The topological polar surface area (TPSA) is 88.8 Å². The van der Waals surface area contributed by atoms with E-state index in [0.29, 0.717) is 32.1 Å². The maximum Gasteiger partial charge on any atom is 0.289 e. The third kappa shape index (κ3) is 2.78. The number of nitrogens with one attached hydrogen (secondary N) is 1. The zero-order valence-corrected chi connectivity index (χ0v) is 13.5. The summed E-state index contributed by atoms with van der Waals surface area (Å²) in [5.74, 6) is 0.351. The van der Waals surface area contributed by atoms with Gasteiger partial charge in [-0.05, 0) is 13.0 Å². The van der Waals surface area contributed by atoms with Crippen molar-refractivity contribution in [3.05, 3.63) is 23.7 Å². The molecule has 1 aromatic rings. The van der Waals surface area contributed by atoms with Gasteiger partial charge in [0.1, 0.15) is 0 Å². The molecule has 1 amide bonds. The van der Waals surface area contributed by atoms with Gasteiger partial charge in [-0.2, -0.15) is 0 Å². The highest BCUT2D eigenvalue weighted by atomic mass is 32.2. The zero-order valence-electron chi connectivity index (χ0n) is 12.7. The predicted molar refractivity (Wildman–Crippen MR) is 78.9 cm³/mol. The van der Waals surface area contributed by atoms with Gasteiger partial charge >= 0.3 is 0 Å². The number of sulfonamides is 1. The van der Waals surface area contributed by atoms with Gasteiger partial charge in [-0.3, -0.25) is 4.79 Å². The van der Waals surface area contributed by atoms with Crippen LogP contribution in [0.5, 0.6) is 0 Å². The summed E-state index contributed by atoms with van der Waals surface area (Å²) in [5.41, 5.74) is 0.459. The van der Waals surface area contributed by atoms with Crippen LogP contribution in [-0.4, -0.2) is 58.3 Å². The largest absolute Gasteiger partial charge is 0.459 e. The summed E-state index contributed by atoms with van der Waals surface area (Å²) < 4.78 is 36.1. The molecule has 2 aliphatic heterocycles. The van der Waals surface area contributed by atoms with E-state index in [-0.39, 0.29) is 23.8 Å². The zero-order chi connectivity index (χ0) is 16.0. The number of hydrogen-bond acceptors (Lipinski definition) is 5. The molecule has 0 bridgehead atoms. The lowest BCUT2D eigenvalue weighted by atomic mass is 9.81. The number of furan rings is 1. The van der Waals surface area contributed by atoms with Crippen molar-refractivity contribution in [3.63, 3.8) is 0 Å². The van der Waals surface area contributed by atoms with E-state index in [2.05, 4.69) is 4.72 Å². The van der Waals surface area contributed by atoms with Gasteiger partial charge in [-0.1, -0.05) is 0 Å². The first-order valence-electron chi connectivity index (χ1n) is 7.16. The van der Waals surface area contributed by atoms with Crippen LogP contribution < -0.4 is 4.72 Å². The van der Waals surface area contributed by atoms with Crippen molar-refractivity contribution < 1.29 is 22.4 Å². The molecule has 0 aliphatic carbocycles. The molecule has 22 heavy (non-hydrogen) atoms. The molecule has 3 heterocycles. The molecular weight excluding hydrogens is 308 g/mol. The molecule has 0 saturated carbocycles. The fourth-order valence-corrected chi connectivity index (χ4v) is 3.80. The summed E-state index contributed by atoms with van der Waals surface area (Å²) in [7, 11) is -3.27. The van der Waals surface area contributed by atoms with Crippen LogP contribution in [0.15, 0.2) is 16.7 Å². The number of carbonyl (C=O) groups excluding carboxylic acids is 1. The third-order valence-corrected chi connectivity index (χ3v) is 5.22. The first-order chi connectivity index (χ1) is 10.3. The van der Waals surface area contributed by atoms with Gasteiger partial charge in [0.2, 0.25) is 10.0 Å². The number of fused-ring (bicyclic) bond motifs is 1. The van der Waals surface area contributed by atoms with Crippen LogP contribution in [0.3, 0.4) is 0 Å². The van der Waals surface area contributed by atoms with Crippen LogP contribution in [0.25, 0.3) is 0 Å². The van der Waals surface area contributed by atoms with E-state index >= 15 is 0 Å². The highest BCUT2D eigenvalue weighted by Crippen LogP contribution is 2.41. The second kappa shape index (κ2) is 5.36. The molecule has 7 nitrogen and oxygen atoms in total. The van der Waals surface area contributed by atoms with E-state index in [1.54, 1.807) is 11.0 Å². The van der Waals surface area contributed by atoms with Crippen LogP contribution in [-0.2, 0) is 14.8 Å². The molecule has 2 aliphatic rings. The fourth-order valence-electron chi connectivity index (χ4n) is 3.25. The van der Waals surface area contributed by atoms with Gasteiger partial charge in [0.25, 0.3) is 5.91 Å². The van der Waals surface area contributed by atoms with Crippen molar-refractivity contribution in [2.45, 2.75) is 6.92 Å². The summed E-state index contributed by atoms with van der Waals surface area (Å²) in [6.07, 6.45) is 2.64. The molecule has 0 radical (unpaired) electrons. The number of ether oxygens (including phenoxy) is 1. The van der Waals surface area contributed by atoms with E-state index in [9.17, 15) is 13.2 Å². The summed E-state index contributed by atoms with van der Waals surface area (Å²) in [4.78, 5) is 14.3. The SMILES string of the molecule is Cc1ccoc1C(=O)N1C[C@@H]2COC[C@]2(CNS(C)(=O)=O)C1. The Hall–Kier alpha value is -1.38. The van der Waals surface area contributed by atoms with E-state index in [1.807, 2.05) is 6.92 Å². The monoisotopic (exact) mass is 328 g/mol. The standard InChI is InChI=1S/C14H20N2O5S/c1-10-3-4-21-12(10)13(17)16-5-11-6-20-9-14(11,8-16)7-15-22(2,18)19/h3-4,11,15H,5-9H2,1-2H3/t11-,14+/m1/s1. The number of amides is 1. The molecule has 1 N–H and O–H groups in total. The van der Waals surface area contributed by atoms with E-state index in [0.717, 1.165) is 11.8 Å². The van der Waals surface area contributed by atoms with Crippen molar-refractivity contribution in [3.8, 4) is 0 Å². The molecule has 1 aromatic heterocycles. The molecule has 2 fully saturated rings. The number of aryl methyl sites for hydroxylation is 1. The molecule has 3 rings (SSSR count). The Morgan fingerprint density at radius 1 is 1.55 bits per heavy atom. The fraction of sp³-hybridized carbons (Fsp3) is 0.643. The van der Waals surface area contributed by atoms with E-state index in [1.165, 1.54) is 6.26 Å². The second-order valence-corrected chi connectivity index (χ2v) is 8.12. The van der Waals surface area contributed by atoms with Crippen molar-refractivity contribution in [1.29, 1.82) is 0 Å². The van der Waals surface area contributed by atoms with Gasteiger partial charge in [-0.25, -0.2) is 13.1 Å². The molecule has 122 valence electrons. The Morgan fingerprint density at radius 3 is 2.95 bits per heavy atom. The Labute approximate surface area is 129 Å². The molecule has 0 aromatic carbocycles. The lowest BCUT2D eigenvalue weighted by Crippen LogP contribution is -2.43. The number of hydrogen-bond donors (Lipinski definition) is 1. The summed E-state index contributed by atoms with van der Waals surface area (Å²) >= 11 is 0. The average molecular weight is 328 g/mol. The minimum atomic E-state index is -3.27. The van der Waals surface area contributed by atoms with Gasteiger partial charge in [0.15, 0.2) is 5.76 Å². The van der Waals surface area contributed by atoms with Crippen molar-refractivity contribution in [2.75, 3.05) is 39.1 Å². The molecule has 2 saturated heterocycles. The molecule has 8 heteroatoms. The lowest BCUT2D eigenvalue weighted by molar-refractivity contribution is 0.0690. The van der Waals surface area contributed by atoms with Crippen LogP contribution >= 0.6 is 0 Å². The van der Waals surface area contributed by atoms with Gasteiger partial charge < -0.3 is 14.1 Å². The second-order valence-electron chi connectivity index (χ2n) is 6.29. The molecule has 0 spiro atoms. The smallest absolute Gasteiger partial charge is 0.289 e. The lowest BCUT2D eigenvalue weighted by Gasteiger charge is -2.26. The maximum absolute atomic E-state index is 12.6. The van der Waals surface area contributed by atoms with E-state index in [4.69, 9.17) is 9.15 Å². The maximum atomic E-state index is 12.6. The van der Waals surface area contributed by atoms with Crippen molar-refractivity contribution in [1.82, 2.24) is 9.62 Å². The minimum Gasteiger partial charge on any atom is -0.459 e. The quantitative estimate of drug-likeness (QED) is 0.854. The molecule has 2 atom stereocenters. The summed E-state index contributed by atoms with van der Waals surface area (Å²) in [5, 5.41) is 0. The highest BCUT2D eigenvalue weighted by molar-refractivity contribution is 7.88. The van der Waals surface area contributed by atoms with Crippen LogP contribution in [0.2, 0.25) is 0 Å². The van der Waals surface area contributed by atoms with Crippen LogP contribution in [0.1, 0.15) is 16.1 Å².